The molecule has 1 atom stereocenters. The van der Waals surface area contributed by atoms with Crippen molar-refractivity contribution in [2.24, 2.45) is 0 Å². The minimum atomic E-state index is -1.98. The number of hydrogen-bond donors (Lipinski definition) is 1. The van der Waals surface area contributed by atoms with E-state index in [1.807, 2.05) is 0 Å². The Bertz CT molecular complexity index is 527. The lowest BCUT2D eigenvalue weighted by Gasteiger charge is -1.98. The average molecular weight is 236 g/mol. The van der Waals surface area contributed by atoms with Gasteiger partial charge in [0, 0.05) is 5.56 Å². The van der Waals surface area contributed by atoms with Crippen LogP contribution in [0.3, 0.4) is 0 Å². The first-order valence-corrected chi connectivity index (χ1v) is 5.57. The van der Waals surface area contributed by atoms with E-state index in [0.29, 0.717) is 16.9 Å². The summed E-state index contributed by atoms with van der Waals surface area (Å²) in [4.78, 5) is 10.8. The molecule has 0 saturated carbocycles. The molecule has 16 heavy (non-hydrogen) atoms. The van der Waals surface area contributed by atoms with Crippen LogP contribution in [0.2, 0.25) is 0 Å². The topological polar surface area (TPSA) is 67.5 Å². The molecule has 0 aliphatic rings. The summed E-state index contributed by atoms with van der Waals surface area (Å²) in [5.74, 6) is 0.808. The van der Waals surface area contributed by atoms with Crippen molar-refractivity contribution in [1.82, 2.24) is 0 Å². The Kier molecular flexibility index (Phi) is 2.98. The molecule has 82 valence electrons. The van der Waals surface area contributed by atoms with Gasteiger partial charge in [-0.3, -0.25) is 4.79 Å². The van der Waals surface area contributed by atoms with E-state index < -0.39 is 11.1 Å². The van der Waals surface area contributed by atoms with Crippen molar-refractivity contribution in [2.45, 2.75) is 4.90 Å². The van der Waals surface area contributed by atoms with Gasteiger partial charge in [-0.2, -0.15) is 0 Å². The molecule has 1 unspecified atom stereocenters. The molecule has 0 aliphatic carbocycles. The molecule has 4 nitrogen and oxygen atoms in total. The SMILES string of the molecule is O=Cc1ccc(-c2ccc(S(=O)O)cc2)o1. The molecule has 1 N–H and O–H groups in total. The zero-order valence-electron chi connectivity index (χ0n) is 8.12. The lowest BCUT2D eigenvalue weighted by molar-refractivity contribution is 0.110. The second kappa shape index (κ2) is 4.42. The minimum absolute atomic E-state index is 0.254. The maximum Gasteiger partial charge on any atom is 0.186 e. The van der Waals surface area contributed by atoms with Crippen molar-refractivity contribution < 1.29 is 18.0 Å². The summed E-state index contributed by atoms with van der Waals surface area (Å²) in [6.45, 7) is 0. The number of hydrogen-bond acceptors (Lipinski definition) is 3. The molecule has 0 radical (unpaired) electrons. The van der Waals surface area contributed by atoms with Crippen LogP contribution in [0.4, 0.5) is 0 Å². The van der Waals surface area contributed by atoms with E-state index in [9.17, 15) is 9.00 Å². The molecule has 0 bridgehead atoms. The lowest BCUT2D eigenvalue weighted by atomic mass is 10.2. The molecule has 1 aromatic heterocycles. The van der Waals surface area contributed by atoms with Crippen LogP contribution in [0.25, 0.3) is 11.3 Å². The van der Waals surface area contributed by atoms with Gasteiger partial charge in [-0.1, -0.05) is 0 Å². The molecule has 5 heteroatoms. The van der Waals surface area contributed by atoms with Crippen molar-refractivity contribution >= 4 is 17.4 Å². The number of rotatable bonds is 3. The van der Waals surface area contributed by atoms with Crippen molar-refractivity contribution in [3.8, 4) is 11.3 Å². The summed E-state index contributed by atoms with van der Waals surface area (Å²) in [5, 5.41) is 0. The van der Waals surface area contributed by atoms with E-state index in [1.165, 1.54) is 12.1 Å². The molecule has 1 aromatic carbocycles. The predicted molar refractivity (Wildman–Crippen MR) is 58.6 cm³/mol. The fraction of sp³-hybridized carbons (Fsp3) is 0. The third-order valence-corrected chi connectivity index (χ3v) is 2.76. The van der Waals surface area contributed by atoms with Gasteiger partial charge < -0.3 is 8.97 Å². The van der Waals surface area contributed by atoms with Crippen molar-refractivity contribution in [3.05, 3.63) is 42.2 Å². The van der Waals surface area contributed by atoms with Gasteiger partial charge >= 0.3 is 0 Å². The van der Waals surface area contributed by atoms with E-state index in [2.05, 4.69) is 0 Å². The third-order valence-electron chi connectivity index (χ3n) is 2.08. The maximum absolute atomic E-state index is 10.7. The summed E-state index contributed by atoms with van der Waals surface area (Å²) >= 11 is -1.98. The van der Waals surface area contributed by atoms with Gasteiger partial charge in [-0.25, -0.2) is 4.21 Å². The summed E-state index contributed by atoms with van der Waals surface area (Å²) in [7, 11) is 0. The Labute approximate surface area is 94.2 Å². The molecule has 0 saturated heterocycles. The normalized spacial score (nSPS) is 12.3. The van der Waals surface area contributed by atoms with Crippen molar-refractivity contribution in [1.29, 1.82) is 0 Å². The van der Waals surface area contributed by atoms with E-state index >= 15 is 0 Å². The second-order valence-electron chi connectivity index (χ2n) is 3.09. The van der Waals surface area contributed by atoms with E-state index in [-0.39, 0.29) is 5.76 Å². The Morgan fingerprint density at radius 1 is 1.12 bits per heavy atom. The predicted octanol–water partition coefficient (Wildman–Crippen LogP) is 2.34. The standard InChI is InChI=1S/C11H8O4S/c12-7-9-3-6-11(15-9)8-1-4-10(5-2-8)16(13)14/h1-7H,(H,13,14). The first kappa shape index (κ1) is 10.8. The fourth-order valence-corrected chi connectivity index (χ4v) is 1.68. The van der Waals surface area contributed by atoms with Crippen molar-refractivity contribution in [2.75, 3.05) is 0 Å². The van der Waals surface area contributed by atoms with Gasteiger partial charge in [-0.05, 0) is 36.4 Å². The van der Waals surface area contributed by atoms with Crippen molar-refractivity contribution in [3.63, 3.8) is 0 Å². The Morgan fingerprint density at radius 2 is 1.81 bits per heavy atom. The van der Waals surface area contributed by atoms with Crippen LogP contribution in [-0.4, -0.2) is 15.0 Å². The van der Waals surface area contributed by atoms with Gasteiger partial charge in [-0.15, -0.1) is 0 Å². The van der Waals surface area contributed by atoms with Crippen LogP contribution in [0.15, 0.2) is 45.7 Å². The molecule has 2 aromatic rings. The molecule has 1 heterocycles. The molecule has 0 amide bonds. The molecule has 2 rings (SSSR count). The van der Waals surface area contributed by atoms with Crippen LogP contribution in [-0.2, 0) is 11.1 Å². The number of aldehydes is 1. The molecular weight excluding hydrogens is 228 g/mol. The van der Waals surface area contributed by atoms with Gasteiger partial charge in [0.15, 0.2) is 23.1 Å². The van der Waals surface area contributed by atoms with Gasteiger partial charge in [0.25, 0.3) is 0 Å². The van der Waals surface area contributed by atoms with Crippen LogP contribution >= 0.6 is 0 Å². The van der Waals surface area contributed by atoms with Crippen LogP contribution in [0.5, 0.6) is 0 Å². The maximum atomic E-state index is 10.7. The Morgan fingerprint density at radius 3 is 2.31 bits per heavy atom. The highest BCUT2D eigenvalue weighted by Crippen LogP contribution is 2.22. The molecular formula is C11H8O4S. The lowest BCUT2D eigenvalue weighted by Crippen LogP contribution is -1.87. The fourth-order valence-electron chi connectivity index (χ4n) is 1.31. The van der Waals surface area contributed by atoms with Gasteiger partial charge in [0.05, 0.1) is 4.90 Å². The van der Waals surface area contributed by atoms with E-state index in [0.717, 1.165) is 5.56 Å². The summed E-state index contributed by atoms with van der Waals surface area (Å²) in [6, 6.07) is 9.64. The van der Waals surface area contributed by atoms with Gasteiger partial charge in [0.1, 0.15) is 5.76 Å². The number of furan rings is 1. The summed E-state index contributed by atoms with van der Waals surface area (Å²) in [5.41, 5.74) is 0.752. The first-order valence-electron chi connectivity index (χ1n) is 4.47. The Balaban J connectivity index is 2.34. The number of carbonyl (C=O) groups excluding carboxylic acids is 1. The largest absolute Gasteiger partial charge is 0.453 e. The Hall–Kier alpha value is -1.72. The highest BCUT2D eigenvalue weighted by atomic mass is 32.2. The first-order chi connectivity index (χ1) is 7.70. The van der Waals surface area contributed by atoms with Crippen LogP contribution in [0, 0.1) is 0 Å². The zero-order valence-corrected chi connectivity index (χ0v) is 8.94. The van der Waals surface area contributed by atoms with Crippen LogP contribution < -0.4 is 0 Å². The second-order valence-corrected chi connectivity index (χ2v) is 4.06. The third kappa shape index (κ3) is 2.10. The number of carbonyl (C=O) groups is 1. The molecule has 0 spiro atoms. The molecule has 0 fully saturated rings. The average Bonchev–Trinajstić information content (AvgIpc) is 2.77. The summed E-state index contributed by atoms with van der Waals surface area (Å²) in [6.07, 6.45) is 0.626. The van der Waals surface area contributed by atoms with E-state index in [1.54, 1.807) is 24.3 Å². The minimum Gasteiger partial charge on any atom is -0.453 e. The number of benzene rings is 1. The zero-order chi connectivity index (χ0) is 11.5. The monoisotopic (exact) mass is 236 g/mol. The highest BCUT2D eigenvalue weighted by Gasteiger charge is 2.05. The highest BCUT2D eigenvalue weighted by molar-refractivity contribution is 7.79. The van der Waals surface area contributed by atoms with Crippen LogP contribution in [0.1, 0.15) is 10.6 Å². The quantitative estimate of drug-likeness (QED) is 0.656. The summed E-state index contributed by atoms with van der Waals surface area (Å²) < 4.78 is 24.8. The smallest absolute Gasteiger partial charge is 0.186 e. The van der Waals surface area contributed by atoms with Gasteiger partial charge in [0.2, 0.25) is 0 Å². The van der Waals surface area contributed by atoms with E-state index in [4.69, 9.17) is 8.97 Å². The molecule has 0 aliphatic heterocycles.